The van der Waals surface area contributed by atoms with Gasteiger partial charge in [-0.25, -0.2) is 4.98 Å². The maximum Gasteiger partial charge on any atom is 0.311 e. The molecule has 0 aromatic carbocycles. The summed E-state index contributed by atoms with van der Waals surface area (Å²) in [4.78, 5) is 26.1. The lowest BCUT2D eigenvalue weighted by atomic mass is 10.1. The molecule has 0 radical (unpaired) electrons. The van der Waals surface area contributed by atoms with Crippen molar-refractivity contribution in [3.8, 4) is 0 Å². The molecular weight excluding hydrogens is 408 g/mol. The van der Waals surface area contributed by atoms with Gasteiger partial charge in [-0.3, -0.25) is 4.79 Å². The molecule has 31 heavy (non-hydrogen) atoms. The fourth-order valence-corrected chi connectivity index (χ4v) is 4.11. The highest BCUT2D eigenvalue weighted by Gasteiger charge is 2.07. The predicted octanol–water partition coefficient (Wildman–Crippen LogP) is 6.88. The lowest BCUT2D eigenvalue weighted by Crippen LogP contribution is -2.08. The van der Waals surface area contributed by atoms with Gasteiger partial charge in [0.15, 0.2) is 5.13 Å². The third-order valence-corrected chi connectivity index (χ3v) is 5.96. The van der Waals surface area contributed by atoms with E-state index < -0.39 is 0 Å². The molecule has 1 heterocycles. The lowest BCUT2D eigenvalue weighted by molar-refractivity contribution is -0.142. The first kappa shape index (κ1) is 27.3. The van der Waals surface area contributed by atoms with Crippen LogP contribution in [-0.4, -0.2) is 30.4 Å². The first-order chi connectivity index (χ1) is 15.3. The molecule has 0 bridgehead atoms. The van der Waals surface area contributed by atoms with Crippen LogP contribution in [0.25, 0.3) is 0 Å². The fourth-order valence-electron chi connectivity index (χ4n) is 3.37. The summed E-state index contributed by atoms with van der Waals surface area (Å²) in [6.07, 6.45) is 22.8. The average molecular weight is 451 g/mol. The van der Waals surface area contributed by atoms with Crippen molar-refractivity contribution >= 4 is 28.7 Å². The van der Waals surface area contributed by atoms with E-state index in [9.17, 15) is 9.59 Å². The Labute approximate surface area is 193 Å². The van der Waals surface area contributed by atoms with Crippen LogP contribution in [0.1, 0.15) is 103 Å². The van der Waals surface area contributed by atoms with Crippen LogP contribution in [0.4, 0.5) is 5.13 Å². The van der Waals surface area contributed by atoms with E-state index in [1.165, 1.54) is 70.6 Å². The van der Waals surface area contributed by atoms with E-state index in [1.807, 2.05) is 12.3 Å². The standard InChI is InChI=1S/C25H42N2O3S/c1-2-30-24(29)21-23-22-31-25(27-23)26-19-17-15-13-11-9-7-5-3-4-6-8-10-12-14-16-18-20-28/h3-4,20,22H,2,5-19,21H2,1H3,(H,26,27)/b4-3-. The molecule has 0 unspecified atom stereocenters. The van der Waals surface area contributed by atoms with Gasteiger partial charge >= 0.3 is 5.97 Å². The van der Waals surface area contributed by atoms with E-state index in [0.717, 1.165) is 42.9 Å². The van der Waals surface area contributed by atoms with E-state index in [1.54, 1.807) is 11.3 Å². The van der Waals surface area contributed by atoms with Gasteiger partial charge in [-0.05, 0) is 45.4 Å². The monoisotopic (exact) mass is 450 g/mol. The van der Waals surface area contributed by atoms with E-state index in [2.05, 4.69) is 22.5 Å². The molecule has 0 aliphatic carbocycles. The van der Waals surface area contributed by atoms with Crippen molar-refractivity contribution < 1.29 is 14.3 Å². The Balaban J connectivity index is 1.85. The molecule has 0 spiro atoms. The predicted molar refractivity (Wildman–Crippen MR) is 131 cm³/mol. The number of carbonyl (C=O) groups excluding carboxylic acids is 2. The van der Waals surface area contributed by atoms with Crippen molar-refractivity contribution in [1.82, 2.24) is 4.98 Å². The van der Waals surface area contributed by atoms with Crippen LogP contribution in [0.15, 0.2) is 17.5 Å². The Hall–Kier alpha value is -1.69. The van der Waals surface area contributed by atoms with Crippen LogP contribution in [0.5, 0.6) is 0 Å². The van der Waals surface area contributed by atoms with Crippen molar-refractivity contribution in [2.24, 2.45) is 0 Å². The second kappa shape index (κ2) is 20.2. The molecule has 1 aromatic heterocycles. The van der Waals surface area contributed by atoms with Crippen LogP contribution in [0.2, 0.25) is 0 Å². The number of aldehydes is 1. The second-order valence-corrected chi connectivity index (χ2v) is 8.80. The number of carbonyl (C=O) groups is 2. The van der Waals surface area contributed by atoms with Crippen molar-refractivity contribution in [3.63, 3.8) is 0 Å². The van der Waals surface area contributed by atoms with E-state index >= 15 is 0 Å². The number of nitrogens with zero attached hydrogens (tertiary/aromatic N) is 1. The van der Waals surface area contributed by atoms with Gasteiger partial charge in [-0.1, -0.05) is 57.1 Å². The molecule has 1 rings (SSSR count). The highest BCUT2D eigenvalue weighted by molar-refractivity contribution is 7.13. The summed E-state index contributed by atoms with van der Waals surface area (Å²) in [5.41, 5.74) is 0.783. The van der Waals surface area contributed by atoms with Crippen LogP contribution < -0.4 is 5.32 Å². The summed E-state index contributed by atoms with van der Waals surface area (Å²) >= 11 is 1.55. The SMILES string of the molecule is CCOC(=O)Cc1csc(NCCCCCCCC/C=C\CCCCCCCC=O)n1. The van der Waals surface area contributed by atoms with Crippen LogP contribution in [-0.2, 0) is 20.7 Å². The largest absolute Gasteiger partial charge is 0.466 e. The van der Waals surface area contributed by atoms with Gasteiger partial charge < -0.3 is 14.8 Å². The molecule has 176 valence electrons. The maximum absolute atomic E-state index is 11.5. The zero-order valence-corrected chi connectivity index (χ0v) is 20.2. The molecule has 0 aliphatic heterocycles. The van der Waals surface area contributed by atoms with Crippen molar-refractivity contribution in [2.75, 3.05) is 18.5 Å². The summed E-state index contributed by atoms with van der Waals surface area (Å²) in [5, 5.41) is 6.17. The highest BCUT2D eigenvalue weighted by Crippen LogP contribution is 2.16. The molecule has 5 nitrogen and oxygen atoms in total. The third-order valence-electron chi connectivity index (χ3n) is 5.12. The Bertz CT molecular complexity index is 601. The minimum absolute atomic E-state index is 0.214. The normalized spacial score (nSPS) is 11.1. The zero-order valence-electron chi connectivity index (χ0n) is 19.4. The Kier molecular flexibility index (Phi) is 17.8. The third kappa shape index (κ3) is 16.6. The van der Waals surface area contributed by atoms with Crippen molar-refractivity contribution in [1.29, 1.82) is 0 Å². The zero-order chi connectivity index (χ0) is 22.4. The van der Waals surface area contributed by atoms with Gasteiger partial charge in [-0.2, -0.15) is 0 Å². The number of hydrogen-bond donors (Lipinski definition) is 1. The fraction of sp³-hybridized carbons (Fsp3) is 0.720. The highest BCUT2D eigenvalue weighted by atomic mass is 32.1. The van der Waals surface area contributed by atoms with Crippen LogP contribution in [0.3, 0.4) is 0 Å². The van der Waals surface area contributed by atoms with Gasteiger partial charge in [0.2, 0.25) is 0 Å². The number of thiazole rings is 1. The topological polar surface area (TPSA) is 68.3 Å². The minimum Gasteiger partial charge on any atom is -0.466 e. The summed E-state index contributed by atoms with van der Waals surface area (Å²) < 4.78 is 4.95. The number of aromatic nitrogens is 1. The Morgan fingerprint density at radius 1 is 0.935 bits per heavy atom. The number of ether oxygens (including phenoxy) is 1. The molecule has 1 aromatic rings. The number of anilines is 1. The van der Waals surface area contributed by atoms with Crippen molar-refractivity contribution in [3.05, 3.63) is 23.2 Å². The summed E-state index contributed by atoms with van der Waals surface area (Å²) in [6.45, 7) is 3.16. The Morgan fingerprint density at radius 2 is 1.52 bits per heavy atom. The Morgan fingerprint density at radius 3 is 2.13 bits per heavy atom. The molecule has 0 fully saturated rings. The molecule has 0 atom stereocenters. The molecule has 1 N–H and O–H groups in total. The average Bonchev–Trinajstić information content (AvgIpc) is 3.20. The summed E-state index contributed by atoms with van der Waals surface area (Å²) in [7, 11) is 0. The smallest absolute Gasteiger partial charge is 0.311 e. The van der Waals surface area contributed by atoms with Gasteiger partial charge in [0.25, 0.3) is 0 Å². The van der Waals surface area contributed by atoms with E-state index in [0.29, 0.717) is 6.61 Å². The number of nitrogens with one attached hydrogen (secondary N) is 1. The van der Waals surface area contributed by atoms with Crippen molar-refractivity contribution in [2.45, 2.75) is 103 Å². The first-order valence-corrected chi connectivity index (χ1v) is 13.1. The molecular formula is C25H42N2O3S. The minimum atomic E-state index is -0.214. The number of esters is 1. The number of allylic oxidation sites excluding steroid dienone is 2. The second-order valence-electron chi connectivity index (χ2n) is 7.95. The maximum atomic E-state index is 11.5. The van der Waals surface area contributed by atoms with E-state index in [4.69, 9.17) is 4.74 Å². The lowest BCUT2D eigenvalue weighted by Gasteiger charge is -2.03. The molecule has 0 amide bonds. The van der Waals surface area contributed by atoms with Gasteiger partial charge in [-0.15, -0.1) is 11.3 Å². The summed E-state index contributed by atoms with van der Waals surface area (Å²) in [6, 6.07) is 0. The quantitative estimate of drug-likeness (QED) is 0.0957. The first-order valence-electron chi connectivity index (χ1n) is 12.2. The number of hydrogen-bond acceptors (Lipinski definition) is 6. The summed E-state index contributed by atoms with van der Waals surface area (Å²) in [5.74, 6) is -0.214. The van der Waals surface area contributed by atoms with Crippen LogP contribution >= 0.6 is 11.3 Å². The molecule has 6 heteroatoms. The molecule has 0 saturated heterocycles. The molecule has 0 saturated carbocycles. The van der Waals surface area contributed by atoms with Gasteiger partial charge in [0.05, 0.1) is 18.7 Å². The van der Waals surface area contributed by atoms with Crippen LogP contribution in [0, 0.1) is 0 Å². The van der Waals surface area contributed by atoms with Gasteiger partial charge in [0, 0.05) is 18.3 Å². The molecule has 0 aliphatic rings. The van der Waals surface area contributed by atoms with Gasteiger partial charge in [0.1, 0.15) is 6.29 Å². The number of rotatable bonds is 21. The number of unbranched alkanes of at least 4 members (excludes halogenated alkanes) is 12. The van der Waals surface area contributed by atoms with E-state index in [-0.39, 0.29) is 12.4 Å².